The van der Waals surface area contributed by atoms with E-state index in [0.29, 0.717) is 41.7 Å². The summed E-state index contributed by atoms with van der Waals surface area (Å²) < 4.78 is 0. The van der Waals surface area contributed by atoms with Crippen molar-refractivity contribution in [2.45, 2.75) is 38.7 Å². The molecule has 0 bridgehead atoms. The van der Waals surface area contributed by atoms with E-state index in [-0.39, 0.29) is 24.7 Å². The summed E-state index contributed by atoms with van der Waals surface area (Å²) in [5.41, 5.74) is 4.82. The molecular formula is C35H38N2O6. The molecule has 1 saturated heterocycles. The number of hydrogen-bond acceptors (Lipinski definition) is 7. The Morgan fingerprint density at radius 2 is 1.63 bits per heavy atom. The van der Waals surface area contributed by atoms with Gasteiger partial charge >= 0.3 is 0 Å². The predicted molar refractivity (Wildman–Crippen MR) is 167 cm³/mol. The van der Waals surface area contributed by atoms with Crippen LogP contribution in [0.1, 0.15) is 38.2 Å². The molecule has 3 aromatic carbocycles. The predicted octanol–water partition coefficient (Wildman–Crippen LogP) is 5.18. The van der Waals surface area contributed by atoms with E-state index in [9.17, 15) is 30.0 Å². The molecule has 0 aromatic heterocycles. The summed E-state index contributed by atoms with van der Waals surface area (Å²) in [7, 11) is 0. The van der Waals surface area contributed by atoms with E-state index < -0.39 is 36.4 Å². The minimum absolute atomic E-state index is 0.146. The fourth-order valence-electron chi connectivity index (χ4n) is 6.40. The summed E-state index contributed by atoms with van der Waals surface area (Å²) in [4.78, 5) is 28.6. The number of aromatic hydroxyl groups is 1. The highest BCUT2D eigenvalue weighted by Gasteiger charge is 2.55. The number of carbonyl (C=O) groups is 2. The number of carbonyl (C=O) groups excluding carboxylic acids is 2. The van der Waals surface area contributed by atoms with Crippen LogP contribution in [0.4, 0.5) is 17.1 Å². The Balaban J connectivity index is 1.34. The molecule has 0 radical (unpaired) electrons. The normalized spacial score (nSPS) is 21.3. The smallest absolute Gasteiger partial charge is 0.238 e. The molecule has 43 heavy (non-hydrogen) atoms. The highest BCUT2D eigenvalue weighted by Crippen LogP contribution is 2.47. The number of allylic oxidation sites excluding steroid dienone is 1. The van der Waals surface area contributed by atoms with Crippen molar-refractivity contribution in [3.05, 3.63) is 101 Å². The van der Waals surface area contributed by atoms with Gasteiger partial charge in [0.15, 0.2) is 0 Å². The Kier molecular flexibility index (Phi) is 9.40. The van der Waals surface area contributed by atoms with Crippen LogP contribution < -0.4 is 10.2 Å². The number of benzene rings is 3. The molecule has 1 aliphatic heterocycles. The van der Waals surface area contributed by atoms with Crippen LogP contribution >= 0.6 is 0 Å². The van der Waals surface area contributed by atoms with Crippen LogP contribution in [-0.2, 0) is 9.59 Å². The lowest BCUT2D eigenvalue weighted by Crippen LogP contribution is -2.39. The second-order valence-corrected chi connectivity index (χ2v) is 11.2. The summed E-state index contributed by atoms with van der Waals surface area (Å²) in [5.74, 6) is -2.94. The Bertz CT molecular complexity index is 1510. The van der Waals surface area contributed by atoms with E-state index in [2.05, 4.69) is 5.32 Å². The van der Waals surface area contributed by atoms with Gasteiger partial charge in [0.25, 0.3) is 0 Å². The SMILES string of the molecule is CC/C(=C\c1ccccc1O)CC[C@@H](O)C1=C(CO)C[C@H]2C(=O)N(c3ccc(Nc4ccccc4)cc3)C(=O)[C@H]2[C@H]1CO. The summed E-state index contributed by atoms with van der Waals surface area (Å²) in [6.07, 6.45) is 2.57. The molecule has 8 nitrogen and oxygen atoms in total. The van der Waals surface area contributed by atoms with Gasteiger partial charge in [-0.15, -0.1) is 0 Å². The van der Waals surface area contributed by atoms with Crippen molar-refractivity contribution in [1.82, 2.24) is 0 Å². The van der Waals surface area contributed by atoms with Gasteiger partial charge < -0.3 is 25.7 Å². The molecule has 3 aromatic rings. The van der Waals surface area contributed by atoms with Gasteiger partial charge in [-0.3, -0.25) is 14.5 Å². The maximum absolute atomic E-state index is 13.8. The van der Waals surface area contributed by atoms with Gasteiger partial charge in [0, 0.05) is 22.9 Å². The van der Waals surface area contributed by atoms with Gasteiger partial charge in [-0.25, -0.2) is 0 Å². The molecule has 2 amide bonds. The van der Waals surface area contributed by atoms with Gasteiger partial charge in [0.2, 0.25) is 11.8 Å². The number of nitrogens with one attached hydrogen (secondary N) is 1. The first kappa shape index (κ1) is 30.2. The molecule has 8 heteroatoms. The minimum Gasteiger partial charge on any atom is -0.507 e. The third-order valence-corrected chi connectivity index (χ3v) is 8.61. The number of phenolic OH excluding ortho intramolecular Hbond substituents is 1. The van der Waals surface area contributed by atoms with Gasteiger partial charge in [0.05, 0.1) is 36.8 Å². The number of aliphatic hydroxyl groups is 3. The van der Waals surface area contributed by atoms with Gasteiger partial charge in [-0.05, 0) is 79.3 Å². The molecule has 0 unspecified atom stereocenters. The lowest BCUT2D eigenvalue weighted by Gasteiger charge is -2.36. The zero-order valence-corrected chi connectivity index (χ0v) is 24.2. The molecule has 0 saturated carbocycles. The summed E-state index contributed by atoms with van der Waals surface area (Å²) in [5, 5.41) is 45.6. The van der Waals surface area contributed by atoms with E-state index >= 15 is 0 Å². The number of fused-ring (bicyclic) bond motifs is 1. The molecule has 5 rings (SSSR count). The van der Waals surface area contributed by atoms with Crippen molar-refractivity contribution in [3.8, 4) is 5.75 Å². The van der Waals surface area contributed by atoms with Crippen molar-refractivity contribution >= 4 is 35.0 Å². The summed E-state index contributed by atoms with van der Waals surface area (Å²) in [6.45, 7) is 1.19. The maximum atomic E-state index is 13.8. The molecule has 1 aliphatic carbocycles. The second kappa shape index (κ2) is 13.4. The average Bonchev–Trinajstić information content (AvgIpc) is 3.28. The number of amides is 2. The topological polar surface area (TPSA) is 130 Å². The van der Waals surface area contributed by atoms with Crippen molar-refractivity contribution < 1.29 is 30.0 Å². The van der Waals surface area contributed by atoms with Crippen LogP contribution in [0.2, 0.25) is 0 Å². The molecular weight excluding hydrogens is 544 g/mol. The van der Waals surface area contributed by atoms with Crippen LogP contribution in [-0.4, -0.2) is 51.6 Å². The Labute approximate surface area is 251 Å². The third kappa shape index (κ3) is 6.27. The highest BCUT2D eigenvalue weighted by molar-refractivity contribution is 6.22. The summed E-state index contributed by atoms with van der Waals surface area (Å²) >= 11 is 0. The second-order valence-electron chi connectivity index (χ2n) is 11.2. The maximum Gasteiger partial charge on any atom is 0.238 e. The minimum atomic E-state index is -1.01. The van der Waals surface area contributed by atoms with Crippen LogP contribution in [0.3, 0.4) is 0 Å². The first-order valence-electron chi connectivity index (χ1n) is 14.7. The number of imide groups is 1. The first-order chi connectivity index (χ1) is 20.9. The largest absolute Gasteiger partial charge is 0.507 e. The number of rotatable bonds is 11. The van der Waals surface area contributed by atoms with E-state index in [4.69, 9.17) is 0 Å². The lowest BCUT2D eigenvalue weighted by molar-refractivity contribution is -0.123. The molecule has 1 fully saturated rings. The van der Waals surface area contributed by atoms with Crippen molar-refractivity contribution in [1.29, 1.82) is 0 Å². The zero-order chi connectivity index (χ0) is 30.5. The van der Waals surface area contributed by atoms with Crippen LogP contribution in [0.15, 0.2) is 95.6 Å². The highest BCUT2D eigenvalue weighted by atomic mass is 16.3. The van der Waals surface area contributed by atoms with Crippen LogP contribution in [0, 0.1) is 17.8 Å². The average molecular weight is 583 g/mol. The van der Waals surface area contributed by atoms with Crippen molar-refractivity contribution in [3.63, 3.8) is 0 Å². The van der Waals surface area contributed by atoms with E-state index in [1.54, 1.807) is 36.4 Å². The molecule has 1 heterocycles. The molecule has 5 N–H and O–H groups in total. The van der Waals surface area contributed by atoms with Crippen LogP contribution in [0.25, 0.3) is 6.08 Å². The number of aliphatic hydroxyl groups excluding tert-OH is 3. The Morgan fingerprint density at radius 3 is 2.28 bits per heavy atom. The lowest BCUT2D eigenvalue weighted by atomic mass is 9.68. The molecule has 4 atom stereocenters. The molecule has 2 aliphatic rings. The molecule has 224 valence electrons. The Hall–Kier alpha value is -4.24. The Morgan fingerprint density at radius 1 is 0.953 bits per heavy atom. The van der Waals surface area contributed by atoms with Gasteiger partial charge in [-0.2, -0.15) is 0 Å². The van der Waals surface area contributed by atoms with Crippen molar-refractivity contribution in [2.75, 3.05) is 23.4 Å². The molecule has 0 spiro atoms. The van der Waals surface area contributed by atoms with Gasteiger partial charge in [-0.1, -0.05) is 55.0 Å². The fourth-order valence-corrected chi connectivity index (χ4v) is 6.40. The quantitative estimate of drug-likeness (QED) is 0.156. The third-order valence-electron chi connectivity index (χ3n) is 8.61. The van der Waals surface area contributed by atoms with E-state index in [0.717, 1.165) is 16.9 Å². The number of anilines is 3. The monoisotopic (exact) mass is 582 g/mol. The van der Waals surface area contributed by atoms with E-state index in [1.165, 1.54) is 4.90 Å². The number of para-hydroxylation sites is 2. The van der Waals surface area contributed by atoms with Crippen LogP contribution in [0.5, 0.6) is 5.75 Å². The summed E-state index contributed by atoms with van der Waals surface area (Å²) in [6, 6.07) is 23.7. The van der Waals surface area contributed by atoms with Crippen molar-refractivity contribution in [2.24, 2.45) is 17.8 Å². The first-order valence-corrected chi connectivity index (χ1v) is 14.7. The number of nitrogens with zero attached hydrogens (tertiary/aromatic N) is 1. The standard InChI is InChI=1S/C35H38N2O6/c1-2-22(18-23-8-6-7-11-30(23)40)12-17-31(41)32-24(20-38)19-28-33(29(32)21-39)35(43)37(34(28)42)27-15-13-26(14-16-27)36-25-9-4-3-5-10-25/h3-11,13-16,18,28-29,31,33,36,38-41H,2,12,17,19-21H2,1H3/b22-18+/t28-,29+,31-,33-/m1/s1. The number of hydrogen-bond donors (Lipinski definition) is 5. The van der Waals surface area contributed by atoms with Gasteiger partial charge in [0.1, 0.15) is 5.75 Å². The van der Waals surface area contributed by atoms with E-state index in [1.807, 2.05) is 55.5 Å². The number of phenols is 1. The zero-order valence-electron chi connectivity index (χ0n) is 24.2. The fraction of sp³-hybridized carbons (Fsp3) is 0.314.